The number of para-hydroxylation sites is 1. The molecule has 4 rings (SSSR count). The van der Waals surface area contributed by atoms with Crippen molar-refractivity contribution in [3.63, 3.8) is 0 Å². The highest BCUT2D eigenvalue weighted by Gasteiger charge is 2.64. The van der Waals surface area contributed by atoms with Crippen LogP contribution in [0, 0.1) is 12.8 Å². The van der Waals surface area contributed by atoms with E-state index in [0.717, 1.165) is 30.0 Å². The van der Waals surface area contributed by atoms with Crippen LogP contribution in [0.2, 0.25) is 0 Å². The average molecular weight is 336 g/mol. The second-order valence-electron chi connectivity index (χ2n) is 7.22. The van der Waals surface area contributed by atoms with Gasteiger partial charge in [-0.15, -0.1) is 0 Å². The molecule has 4 nitrogen and oxygen atoms in total. The Kier molecular flexibility index (Phi) is 4.00. The molecule has 1 aliphatic heterocycles. The van der Waals surface area contributed by atoms with Gasteiger partial charge in [0.2, 0.25) is 0 Å². The van der Waals surface area contributed by atoms with Crippen molar-refractivity contribution >= 4 is 5.71 Å². The Morgan fingerprint density at radius 2 is 1.92 bits per heavy atom. The summed E-state index contributed by atoms with van der Waals surface area (Å²) in [5.41, 5.74) is 4.26. The topological polar surface area (TPSA) is 34.1 Å². The van der Waals surface area contributed by atoms with Gasteiger partial charge in [-0.05, 0) is 38.7 Å². The van der Waals surface area contributed by atoms with Gasteiger partial charge in [0.1, 0.15) is 18.0 Å². The van der Waals surface area contributed by atoms with Gasteiger partial charge >= 0.3 is 0 Å². The molecule has 2 aliphatic rings. The maximum absolute atomic E-state index is 6.45. The molecule has 1 fully saturated rings. The van der Waals surface area contributed by atoms with Crippen molar-refractivity contribution in [3.8, 4) is 5.75 Å². The zero-order valence-electron chi connectivity index (χ0n) is 15.0. The highest BCUT2D eigenvalue weighted by Crippen LogP contribution is 2.60. The van der Waals surface area contributed by atoms with E-state index in [1.165, 1.54) is 11.1 Å². The molecule has 2 atom stereocenters. The predicted octanol–water partition coefficient (Wildman–Crippen LogP) is 3.59. The van der Waals surface area contributed by atoms with Crippen LogP contribution in [-0.2, 0) is 10.4 Å². The molecule has 2 unspecified atom stereocenters. The summed E-state index contributed by atoms with van der Waals surface area (Å²) in [6.45, 7) is 3.54. The minimum absolute atomic E-state index is 0.254. The number of nitrogens with zero attached hydrogens (tertiary/aromatic N) is 2. The van der Waals surface area contributed by atoms with Crippen LogP contribution in [0.4, 0.5) is 0 Å². The number of rotatable bonds is 5. The summed E-state index contributed by atoms with van der Waals surface area (Å²) in [5.74, 6) is 1.15. The van der Waals surface area contributed by atoms with Crippen molar-refractivity contribution < 1.29 is 9.57 Å². The Morgan fingerprint density at radius 1 is 1.16 bits per heavy atom. The molecule has 4 heteroatoms. The smallest absolute Gasteiger partial charge is 0.143 e. The largest absolute Gasteiger partial charge is 0.481 e. The molecule has 0 amide bonds. The van der Waals surface area contributed by atoms with Crippen molar-refractivity contribution in [3.05, 3.63) is 65.2 Å². The zero-order valence-corrected chi connectivity index (χ0v) is 15.0. The SMILES string of the molecule is Cc1ccc(C23CC2C(=NOCCN(C)C)c2ccccc2O3)cc1. The van der Waals surface area contributed by atoms with E-state index in [-0.39, 0.29) is 11.5 Å². The molecule has 25 heavy (non-hydrogen) atoms. The van der Waals surface area contributed by atoms with Gasteiger partial charge in [-0.25, -0.2) is 0 Å². The molecular weight excluding hydrogens is 312 g/mol. The lowest BCUT2D eigenvalue weighted by molar-refractivity contribution is 0.121. The molecular formula is C21H24N2O2. The van der Waals surface area contributed by atoms with E-state index in [2.05, 4.69) is 47.3 Å². The van der Waals surface area contributed by atoms with E-state index in [4.69, 9.17) is 9.57 Å². The first-order valence-electron chi connectivity index (χ1n) is 8.80. The highest BCUT2D eigenvalue weighted by molar-refractivity contribution is 6.08. The first kappa shape index (κ1) is 16.2. The minimum atomic E-state index is -0.286. The van der Waals surface area contributed by atoms with Crippen LogP contribution in [0.3, 0.4) is 0 Å². The maximum Gasteiger partial charge on any atom is 0.143 e. The molecule has 1 saturated carbocycles. The molecule has 0 spiro atoms. The summed E-state index contributed by atoms with van der Waals surface area (Å²) in [7, 11) is 4.06. The van der Waals surface area contributed by atoms with Crippen LogP contribution in [-0.4, -0.2) is 37.9 Å². The van der Waals surface area contributed by atoms with Crippen LogP contribution in [0.15, 0.2) is 53.7 Å². The van der Waals surface area contributed by atoms with Crippen LogP contribution in [0.1, 0.15) is 23.1 Å². The Labute approximate surface area is 149 Å². The fourth-order valence-electron chi connectivity index (χ4n) is 3.49. The first-order valence-corrected chi connectivity index (χ1v) is 8.80. The Morgan fingerprint density at radius 3 is 2.68 bits per heavy atom. The maximum atomic E-state index is 6.45. The molecule has 2 aromatic rings. The van der Waals surface area contributed by atoms with Crippen molar-refractivity contribution in [2.75, 3.05) is 27.2 Å². The van der Waals surface area contributed by atoms with Crippen LogP contribution >= 0.6 is 0 Å². The normalized spacial score (nSPS) is 25.3. The third-order valence-corrected chi connectivity index (χ3v) is 5.03. The van der Waals surface area contributed by atoms with Crippen molar-refractivity contribution in [1.29, 1.82) is 0 Å². The highest BCUT2D eigenvalue weighted by atomic mass is 16.6. The van der Waals surface area contributed by atoms with Gasteiger partial charge in [0, 0.05) is 18.5 Å². The Bertz CT molecular complexity index is 798. The number of likely N-dealkylation sites (N-methyl/N-ethyl adjacent to an activating group) is 1. The molecule has 0 bridgehead atoms. The fraction of sp³-hybridized carbons (Fsp3) is 0.381. The summed E-state index contributed by atoms with van der Waals surface area (Å²) in [5, 5.41) is 4.52. The average Bonchev–Trinajstić information content (AvgIpc) is 3.33. The van der Waals surface area contributed by atoms with E-state index in [0.29, 0.717) is 6.61 Å². The number of oxime groups is 1. The lowest BCUT2D eigenvalue weighted by Gasteiger charge is -2.27. The third kappa shape index (κ3) is 2.91. The van der Waals surface area contributed by atoms with E-state index in [1.807, 2.05) is 32.3 Å². The molecule has 0 N–H and O–H groups in total. The van der Waals surface area contributed by atoms with E-state index in [1.54, 1.807) is 0 Å². The second kappa shape index (κ2) is 6.19. The summed E-state index contributed by atoms with van der Waals surface area (Å²) >= 11 is 0. The quantitative estimate of drug-likeness (QED) is 0.618. The lowest BCUT2D eigenvalue weighted by Crippen LogP contribution is -2.28. The number of fused-ring (bicyclic) bond motifs is 2. The van der Waals surface area contributed by atoms with Gasteiger partial charge < -0.3 is 14.5 Å². The molecule has 1 aliphatic carbocycles. The van der Waals surface area contributed by atoms with Gasteiger partial charge in [-0.1, -0.05) is 47.1 Å². The molecule has 130 valence electrons. The molecule has 2 aromatic carbocycles. The van der Waals surface area contributed by atoms with Gasteiger partial charge in [-0.2, -0.15) is 0 Å². The van der Waals surface area contributed by atoms with Gasteiger partial charge in [-0.3, -0.25) is 0 Å². The van der Waals surface area contributed by atoms with Gasteiger partial charge in [0.15, 0.2) is 0 Å². The summed E-state index contributed by atoms with van der Waals surface area (Å²) in [6.07, 6.45) is 0.945. The predicted molar refractivity (Wildman–Crippen MR) is 99.1 cm³/mol. The van der Waals surface area contributed by atoms with Crippen LogP contribution in [0.5, 0.6) is 5.75 Å². The standard InChI is InChI=1S/C21H24N2O2/c1-15-8-10-16(11-9-15)21-14-18(21)20(22-24-13-12-23(2)3)17-6-4-5-7-19(17)25-21/h4-11,18H,12-14H2,1-3H3. The van der Waals surface area contributed by atoms with Crippen molar-refractivity contribution in [2.45, 2.75) is 18.9 Å². The van der Waals surface area contributed by atoms with Crippen LogP contribution in [0.25, 0.3) is 0 Å². The molecule has 0 saturated heterocycles. The van der Waals surface area contributed by atoms with E-state index in [9.17, 15) is 0 Å². The summed E-state index contributed by atoms with van der Waals surface area (Å²) in [6, 6.07) is 16.8. The second-order valence-corrected chi connectivity index (χ2v) is 7.22. The number of benzene rings is 2. The number of hydrogen-bond donors (Lipinski definition) is 0. The van der Waals surface area contributed by atoms with E-state index >= 15 is 0 Å². The molecule has 0 radical (unpaired) electrons. The Balaban J connectivity index is 1.65. The summed E-state index contributed by atoms with van der Waals surface area (Å²) < 4.78 is 6.45. The third-order valence-electron chi connectivity index (χ3n) is 5.03. The summed E-state index contributed by atoms with van der Waals surface area (Å²) in [4.78, 5) is 7.72. The number of aryl methyl sites for hydroxylation is 1. The number of hydrogen-bond acceptors (Lipinski definition) is 4. The molecule has 1 heterocycles. The zero-order chi connectivity index (χ0) is 17.4. The molecule has 0 aromatic heterocycles. The van der Waals surface area contributed by atoms with E-state index < -0.39 is 0 Å². The lowest BCUT2D eigenvalue weighted by atomic mass is 9.95. The first-order chi connectivity index (χ1) is 12.1. The van der Waals surface area contributed by atoms with Gasteiger partial charge in [0.25, 0.3) is 0 Å². The van der Waals surface area contributed by atoms with Crippen LogP contribution < -0.4 is 4.74 Å². The van der Waals surface area contributed by atoms with Gasteiger partial charge in [0.05, 0.1) is 11.6 Å². The fourth-order valence-corrected chi connectivity index (χ4v) is 3.49. The Hall–Kier alpha value is -2.33. The van der Waals surface area contributed by atoms with Crippen molar-refractivity contribution in [2.24, 2.45) is 11.1 Å². The minimum Gasteiger partial charge on any atom is -0.481 e. The van der Waals surface area contributed by atoms with Crippen molar-refractivity contribution in [1.82, 2.24) is 4.90 Å². The monoisotopic (exact) mass is 336 g/mol. The number of ether oxygens (including phenoxy) is 1.